The number of carbonyl (C=O) groups excluding carboxylic acids is 1. The molecule has 6 nitrogen and oxygen atoms in total. The number of benzene rings is 2. The minimum absolute atomic E-state index is 0.0798. The summed E-state index contributed by atoms with van der Waals surface area (Å²) in [5.41, 5.74) is 1.47. The Morgan fingerprint density at radius 2 is 1.81 bits per heavy atom. The van der Waals surface area contributed by atoms with Gasteiger partial charge in [-0.25, -0.2) is 4.39 Å². The van der Waals surface area contributed by atoms with Gasteiger partial charge in [0.25, 0.3) is 0 Å². The van der Waals surface area contributed by atoms with Crippen LogP contribution in [0.15, 0.2) is 71.2 Å². The van der Waals surface area contributed by atoms with Gasteiger partial charge >= 0.3 is 0 Å². The summed E-state index contributed by atoms with van der Waals surface area (Å²) in [5, 5.41) is 10.9. The molecule has 1 N–H and O–H groups in total. The second-order valence-electron chi connectivity index (χ2n) is 6.07. The van der Waals surface area contributed by atoms with Gasteiger partial charge in [0.1, 0.15) is 5.69 Å². The molecule has 0 bridgehead atoms. The molecule has 2 aromatic carbocycles. The Morgan fingerprint density at radius 1 is 1.12 bits per heavy atom. The van der Waals surface area contributed by atoms with Gasteiger partial charge in [-0.3, -0.25) is 4.79 Å². The fourth-order valence-electron chi connectivity index (χ4n) is 2.58. The molecule has 1 aliphatic rings. The van der Waals surface area contributed by atoms with Crippen LogP contribution in [0.25, 0.3) is 0 Å². The monoisotopic (exact) mass is 353 g/mol. The number of amides is 1. The smallest absolute Gasteiger partial charge is 0.228 e. The molecule has 26 heavy (non-hydrogen) atoms. The zero-order valence-electron chi connectivity index (χ0n) is 14.6. The van der Waals surface area contributed by atoms with E-state index >= 15 is 0 Å². The number of carbonyl (C=O) groups is 1. The van der Waals surface area contributed by atoms with Crippen molar-refractivity contribution >= 4 is 17.3 Å². The SMILES string of the molecule is CN1C=CN(C)C1/N=N/c1cc(NC(=O)Cc2ccccc2)ccc1F. The van der Waals surface area contributed by atoms with Crippen molar-refractivity contribution in [2.45, 2.75) is 12.7 Å². The highest BCUT2D eigenvalue weighted by Gasteiger charge is 2.19. The Kier molecular flexibility index (Phi) is 5.26. The van der Waals surface area contributed by atoms with E-state index in [2.05, 4.69) is 15.5 Å². The van der Waals surface area contributed by atoms with E-state index in [0.29, 0.717) is 5.69 Å². The average Bonchev–Trinajstić information content (AvgIpc) is 2.94. The molecule has 0 saturated heterocycles. The highest BCUT2D eigenvalue weighted by molar-refractivity contribution is 5.92. The summed E-state index contributed by atoms with van der Waals surface area (Å²) in [6, 6.07) is 13.7. The van der Waals surface area contributed by atoms with E-state index < -0.39 is 5.82 Å². The summed E-state index contributed by atoms with van der Waals surface area (Å²) >= 11 is 0. The number of halogens is 1. The number of azo groups is 1. The second-order valence-corrected chi connectivity index (χ2v) is 6.07. The van der Waals surface area contributed by atoms with Gasteiger partial charge in [-0.2, -0.15) is 0 Å². The van der Waals surface area contributed by atoms with Crippen LogP contribution in [0.4, 0.5) is 15.8 Å². The Bertz CT molecular complexity index is 825. The molecule has 0 saturated carbocycles. The van der Waals surface area contributed by atoms with Crippen molar-refractivity contribution in [3.05, 3.63) is 72.3 Å². The number of rotatable bonds is 5. The lowest BCUT2D eigenvalue weighted by Gasteiger charge is -2.21. The van der Waals surface area contributed by atoms with Gasteiger partial charge < -0.3 is 15.1 Å². The predicted molar refractivity (Wildman–Crippen MR) is 98.1 cm³/mol. The van der Waals surface area contributed by atoms with Crippen LogP contribution in [0.1, 0.15) is 5.56 Å². The van der Waals surface area contributed by atoms with E-state index in [0.717, 1.165) is 5.56 Å². The highest BCUT2D eigenvalue weighted by Crippen LogP contribution is 2.24. The van der Waals surface area contributed by atoms with Crippen LogP contribution in [-0.4, -0.2) is 36.1 Å². The number of nitrogens with zero attached hydrogens (tertiary/aromatic N) is 4. The summed E-state index contributed by atoms with van der Waals surface area (Å²) < 4.78 is 14.0. The van der Waals surface area contributed by atoms with E-state index in [1.54, 1.807) is 0 Å². The Balaban J connectivity index is 1.68. The van der Waals surface area contributed by atoms with Crippen molar-refractivity contribution in [1.29, 1.82) is 0 Å². The van der Waals surface area contributed by atoms with Crippen LogP contribution in [0, 0.1) is 5.82 Å². The summed E-state index contributed by atoms with van der Waals surface area (Å²) in [6.45, 7) is 0. The van der Waals surface area contributed by atoms with Crippen molar-refractivity contribution in [3.63, 3.8) is 0 Å². The summed E-state index contributed by atoms with van der Waals surface area (Å²) in [4.78, 5) is 15.9. The summed E-state index contributed by atoms with van der Waals surface area (Å²) in [5.74, 6) is -0.670. The number of nitrogens with one attached hydrogen (secondary N) is 1. The molecule has 1 heterocycles. The van der Waals surface area contributed by atoms with Crippen molar-refractivity contribution < 1.29 is 9.18 Å². The zero-order chi connectivity index (χ0) is 18.5. The lowest BCUT2D eigenvalue weighted by Crippen LogP contribution is -2.31. The maximum atomic E-state index is 14.0. The first-order valence-corrected chi connectivity index (χ1v) is 8.19. The molecular weight excluding hydrogens is 333 g/mol. The molecular formula is C19H20FN5O. The van der Waals surface area contributed by atoms with E-state index in [1.807, 2.05) is 66.6 Å². The maximum absolute atomic E-state index is 14.0. The van der Waals surface area contributed by atoms with Crippen molar-refractivity contribution in [2.24, 2.45) is 10.2 Å². The fourth-order valence-corrected chi connectivity index (χ4v) is 2.58. The molecule has 0 fully saturated rings. The molecule has 0 unspecified atom stereocenters. The van der Waals surface area contributed by atoms with E-state index in [9.17, 15) is 9.18 Å². The normalized spacial score (nSPS) is 14.4. The number of hydrogen-bond acceptors (Lipinski definition) is 5. The minimum atomic E-state index is -0.494. The molecule has 0 spiro atoms. The first-order chi connectivity index (χ1) is 12.5. The standard InChI is InChI=1S/C19H20FN5O/c1-24-10-11-25(2)19(24)23-22-17-13-15(8-9-16(17)20)21-18(26)12-14-6-4-3-5-7-14/h3-11,13,19H,12H2,1-2H3,(H,21,26)/b23-22+. The molecule has 7 heteroatoms. The van der Waals surface area contributed by atoms with Crippen molar-refractivity contribution in [2.75, 3.05) is 19.4 Å². The van der Waals surface area contributed by atoms with Gasteiger partial charge in [-0.1, -0.05) is 30.3 Å². The molecule has 0 aliphatic carbocycles. The molecule has 3 rings (SSSR count). The minimum Gasteiger partial charge on any atom is -0.340 e. The third-order valence-corrected chi connectivity index (χ3v) is 3.97. The quantitative estimate of drug-likeness (QED) is 0.834. The summed E-state index contributed by atoms with van der Waals surface area (Å²) in [7, 11) is 3.72. The van der Waals surface area contributed by atoms with Gasteiger partial charge in [0.2, 0.25) is 12.2 Å². The Labute approximate surface area is 151 Å². The van der Waals surface area contributed by atoms with Crippen LogP contribution >= 0.6 is 0 Å². The predicted octanol–water partition coefficient (Wildman–Crippen LogP) is 3.72. The Morgan fingerprint density at radius 3 is 2.50 bits per heavy atom. The molecule has 134 valence electrons. The molecule has 2 aromatic rings. The highest BCUT2D eigenvalue weighted by atomic mass is 19.1. The lowest BCUT2D eigenvalue weighted by molar-refractivity contribution is -0.115. The fraction of sp³-hybridized carbons (Fsp3) is 0.211. The van der Waals surface area contributed by atoms with Gasteiger partial charge in [0.05, 0.1) is 6.42 Å². The largest absolute Gasteiger partial charge is 0.340 e. The van der Waals surface area contributed by atoms with Crippen LogP contribution in [0.5, 0.6) is 0 Å². The van der Waals surface area contributed by atoms with E-state index in [-0.39, 0.29) is 24.3 Å². The van der Waals surface area contributed by atoms with Gasteiger partial charge in [0.15, 0.2) is 5.82 Å². The first-order valence-electron chi connectivity index (χ1n) is 8.19. The molecule has 0 radical (unpaired) electrons. The first kappa shape index (κ1) is 17.6. The maximum Gasteiger partial charge on any atom is 0.228 e. The van der Waals surface area contributed by atoms with Crippen molar-refractivity contribution in [3.8, 4) is 0 Å². The lowest BCUT2D eigenvalue weighted by atomic mass is 10.1. The van der Waals surface area contributed by atoms with E-state index in [1.165, 1.54) is 18.2 Å². The van der Waals surface area contributed by atoms with Crippen LogP contribution < -0.4 is 5.32 Å². The van der Waals surface area contributed by atoms with E-state index in [4.69, 9.17) is 0 Å². The van der Waals surface area contributed by atoms with Crippen molar-refractivity contribution in [1.82, 2.24) is 9.80 Å². The van der Waals surface area contributed by atoms with Gasteiger partial charge in [-0.15, -0.1) is 10.2 Å². The van der Waals surface area contributed by atoms with Crippen LogP contribution in [-0.2, 0) is 11.2 Å². The van der Waals surface area contributed by atoms with Crippen LogP contribution in [0.3, 0.4) is 0 Å². The molecule has 1 aliphatic heterocycles. The second kappa shape index (κ2) is 7.77. The molecule has 1 amide bonds. The summed E-state index contributed by atoms with van der Waals surface area (Å²) in [6.07, 6.45) is 3.66. The van der Waals surface area contributed by atoms with Gasteiger partial charge in [-0.05, 0) is 23.8 Å². The molecule has 0 aromatic heterocycles. The average molecular weight is 353 g/mol. The number of hydrogen-bond donors (Lipinski definition) is 1. The number of anilines is 1. The Hall–Kier alpha value is -3.22. The molecule has 0 atom stereocenters. The third kappa shape index (κ3) is 4.24. The van der Waals surface area contributed by atoms with Gasteiger partial charge in [0, 0.05) is 32.2 Å². The van der Waals surface area contributed by atoms with Crippen LogP contribution in [0.2, 0.25) is 0 Å². The zero-order valence-corrected chi connectivity index (χ0v) is 14.6. The third-order valence-electron chi connectivity index (χ3n) is 3.97. The topological polar surface area (TPSA) is 60.3 Å².